The third-order valence-electron chi connectivity index (χ3n) is 3.14. The average molecular weight is 355 g/mol. The van der Waals surface area contributed by atoms with Crippen LogP contribution in [0.15, 0.2) is 70.4 Å². The molecule has 0 aliphatic rings. The van der Waals surface area contributed by atoms with E-state index in [1.165, 1.54) is 11.9 Å². The summed E-state index contributed by atoms with van der Waals surface area (Å²) in [6.07, 6.45) is 1.89. The van der Waals surface area contributed by atoms with Gasteiger partial charge in [0.2, 0.25) is 0 Å². The molecule has 0 bridgehead atoms. The summed E-state index contributed by atoms with van der Waals surface area (Å²) < 4.78 is 10.0. The number of rotatable bonds is 6. The molecule has 0 unspecified atom stereocenters. The van der Waals surface area contributed by atoms with E-state index in [0.717, 1.165) is 27.8 Å². The van der Waals surface area contributed by atoms with Crippen molar-refractivity contribution in [1.82, 2.24) is 0 Å². The molecule has 0 saturated carbocycles. The van der Waals surface area contributed by atoms with E-state index in [-0.39, 0.29) is 0 Å². The smallest absolute Gasteiger partial charge is 0.148 e. The molecule has 1 aromatic heterocycles. The molecular weight excluding hydrogens is 338 g/mol. The van der Waals surface area contributed by atoms with Crippen LogP contribution in [0.4, 0.5) is 11.4 Å². The van der Waals surface area contributed by atoms with Crippen molar-refractivity contribution >= 4 is 40.5 Å². The van der Waals surface area contributed by atoms with Gasteiger partial charge in [0.05, 0.1) is 10.6 Å². The first kappa shape index (κ1) is 16.4. The van der Waals surface area contributed by atoms with Gasteiger partial charge in [-0.15, -0.1) is 11.3 Å². The Hall–Kier alpha value is -2.44. The van der Waals surface area contributed by atoms with Crippen LogP contribution in [0, 0.1) is 0 Å². The molecule has 3 N–H and O–H groups in total. The van der Waals surface area contributed by atoms with Gasteiger partial charge in [0.25, 0.3) is 0 Å². The first-order valence-electron chi connectivity index (χ1n) is 7.30. The molecule has 0 radical (unpaired) electrons. The Morgan fingerprint density at radius 1 is 1.04 bits per heavy atom. The van der Waals surface area contributed by atoms with Crippen molar-refractivity contribution in [2.75, 3.05) is 11.6 Å². The average Bonchev–Trinajstić information content (AvgIpc) is 3.05. The summed E-state index contributed by atoms with van der Waals surface area (Å²) >= 11 is 2.91. The van der Waals surface area contributed by atoms with E-state index < -0.39 is 0 Å². The van der Waals surface area contributed by atoms with E-state index in [0.29, 0.717) is 5.84 Å². The zero-order valence-electron chi connectivity index (χ0n) is 13.1. The van der Waals surface area contributed by atoms with Crippen molar-refractivity contribution < 1.29 is 4.74 Å². The van der Waals surface area contributed by atoms with Gasteiger partial charge in [-0.3, -0.25) is 0 Å². The predicted octanol–water partition coefficient (Wildman–Crippen LogP) is 5.27. The number of nitrogens with one attached hydrogen (secondary N) is 1. The van der Waals surface area contributed by atoms with Crippen LogP contribution in [-0.4, -0.2) is 12.1 Å². The van der Waals surface area contributed by atoms with Crippen LogP contribution in [-0.2, 0) is 0 Å². The monoisotopic (exact) mass is 355 g/mol. The standard InChI is InChI=1S/C18H17N3OS2/c1-23-21-18(19)17-11-14(12-24-17)20-13-6-5-9-16(10-13)22-15-7-3-2-4-8-15/h2-12,20H,1H3,(H2,19,21). The highest BCUT2D eigenvalue weighted by Crippen LogP contribution is 2.28. The maximum absolute atomic E-state index is 5.91. The van der Waals surface area contributed by atoms with Crippen LogP contribution in [0.25, 0.3) is 0 Å². The number of thiophene rings is 1. The van der Waals surface area contributed by atoms with Crippen molar-refractivity contribution in [2.24, 2.45) is 10.1 Å². The zero-order valence-corrected chi connectivity index (χ0v) is 14.7. The number of benzene rings is 2. The van der Waals surface area contributed by atoms with Crippen LogP contribution < -0.4 is 15.8 Å². The molecule has 1 heterocycles. The minimum atomic E-state index is 0.543. The van der Waals surface area contributed by atoms with E-state index in [4.69, 9.17) is 10.5 Å². The van der Waals surface area contributed by atoms with E-state index >= 15 is 0 Å². The molecule has 0 fully saturated rings. The van der Waals surface area contributed by atoms with Gasteiger partial charge in [0.1, 0.15) is 17.3 Å². The summed E-state index contributed by atoms with van der Waals surface area (Å²) in [6.45, 7) is 0. The maximum atomic E-state index is 5.91. The van der Waals surface area contributed by atoms with Gasteiger partial charge >= 0.3 is 0 Å². The van der Waals surface area contributed by atoms with E-state index in [1.54, 1.807) is 11.3 Å². The minimum Gasteiger partial charge on any atom is -0.457 e. The highest BCUT2D eigenvalue weighted by atomic mass is 32.2. The van der Waals surface area contributed by atoms with Crippen molar-refractivity contribution in [3.63, 3.8) is 0 Å². The molecule has 0 atom stereocenters. The number of hydrogen-bond donors (Lipinski definition) is 2. The molecule has 24 heavy (non-hydrogen) atoms. The topological polar surface area (TPSA) is 59.6 Å². The van der Waals surface area contributed by atoms with Gasteiger partial charge in [0.15, 0.2) is 0 Å². The number of nitrogens with zero attached hydrogens (tertiary/aromatic N) is 1. The predicted molar refractivity (Wildman–Crippen MR) is 105 cm³/mol. The lowest BCUT2D eigenvalue weighted by Crippen LogP contribution is -2.10. The lowest BCUT2D eigenvalue weighted by molar-refractivity contribution is 0.483. The Morgan fingerprint density at radius 3 is 2.62 bits per heavy atom. The van der Waals surface area contributed by atoms with Crippen LogP contribution in [0.5, 0.6) is 11.5 Å². The normalized spacial score (nSPS) is 11.3. The summed E-state index contributed by atoms with van der Waals surface area (Å²) in [7, 11) is 0. The summed E-state index contributed by atoms with van der Waals surface area (Å²) in [5, 5.41) is 5.38. The van der Waals surface area contributed by atoms with E-state index in [1.807, 2.05) is 72.3 Å². The van der Waals surface area contributed by atoms with E-state index in [9.17, 15) is 0 Å². The first-order valence-corrected chi connectivity index (χ1v) is 9.36. The number of amidine groups is 1. The van der Waals surface area contributed by atoms with Gasteiger partial charge in [-0.2, -0.15) is 4.40 Å². The lowest BCUT2D eigenvalue weighted by atomic mass is 10.3. The fourth-order valence-electron chi connectivity index (χ4n) is 2.11. The maximum Gasteiger partial charge on any atom is 0.148 e. The Bertz CT molecular complexity index is 831. The molecule has 122 valence electrons. The van der Waals surface area contributed by atoms with Gasteiger partial charge < -0.3 is 15.8 Å². The summed E-state index contributed by atoms with van der Waals surface area (Å²) in [6, 6.07) is 19.6. The highest BCUT2D eigenvalue weighted by molar-refractivity contribution is 7.97. The zero-order chi connectivity index (χ0) is 16.8. The second-order valence-electron chi connectivity index (χ2n) is 4.93. The van der Waals surface area contributed by atoms with Gasteiger partial charge in [-0.05, 0) is 42.3 Å². The van der Waals surface area contributed by atoms with Crippen LogP contribution >= 0.6 is 23.3 Å². The summed E-state index contributed by atoms with van der Waals surface area (Å²) in [4.78, 5) is 0.948. The minimum absolute atomic E-state index is 0.543. The fourth-order valence-corrected chi connectivity index (χ4v) is 3.20. The Kier molecular flexibility index (Phi) is 5.40. The largest absolute Gasteiger partial charge is 0.457 e. The van der Waals surface area contributed by atoms with Gasteiger partial charge in [-0.1, -0.05) is 24.3 Å². The number of anilines is 2. The number of para-hydroxylation sites is 1. The molecule has 6 heteroatoms. The van der Waals surface area contributed by atoms with Crippen LogP contribution in [0.1, 0.15) is 4.88 Å². The highest BCUT2D eigenvalue weighted by Gasteiger charge is 2.05. The van der Waals surface area contributed by atoms with E-state index in [2.05, 4.69) is 9.71 Å². The molecule has 2 aromatic carbocycles. The molecule has 0 spiro atoms. The van der Waals surface area contributed by atoms with Crippen molar-refractivity contribution in [3.8, 4) is 11.5 Å². The summed E-state index contributed by atoms with van der Waals surface area (Å²) in [5.41, 5.74) is 7.84. The third kappa shape index (κ3) is 4.31. The molecule has 0 saturated heterocycles. The Morgan fingerprint density at radius 2 is 1.83 bits per heavy atom. The van der Waals surface area contributed by atoms with Crippen molar-refractivity contribution in [3.05, 3.63) is 70.9 Å². The Labute approximate surface area is 149 Å². The molecule has 0 amide bonds. The quantitative estimate of drug-likeness (QED) is 0.359. The SMILES string of the molecule is CSN=C(N)c1cc(Nc2cccc(Oc3ccccc3)c2)cs1. The summed E-state index contributed by atoms with van der Waals surface area (Å²) in [5.74, 6) is 2.14. The molecular formula is C18H17N3OS2. The van der Waals surface area contributed by atoms with Gasteiger partial charge in [0, 0.05) is 23.4 Å². The molecule has 3 rings (SSSR count). The second-order valence-corrected chi connectivity index (χ2v) is 6.39. The third-order valence-corrected chi connectivity index (χ3v) is 4.48. The number of nitrogens with two attached hydrogens (primary N) is 1. The Balaban J connectivity index is 1.72. The fraction of sp³-hybridized carbons (Fsp3) is 0.0556. The molecule has 4 nitrogen and oxygen atoms in total. The van der Waals surface area contributed by atoms with Gasteiger partial charge in [-0.25, -0.2) is 0 Å². The van der Waals surface area contributed by atoms with Crippen LogP contribution in [0.3, 0.4) is 0 Å². The van der Waals surface area contributed by atoms with Crippen molar-refractivity contribution in [1.29, 1.82) is 0 Å². The first-order chi connectivity index (χ1) is 11.7. The molecule has 0 aliphatic heterocycles. The molecule has 3 aromatic rings. The van der Waals surface area contributed by atoms with Crippen LogP contribution in [0.2, 0.25) is 0 Å². The number of ether oxygens (including phenoxy) is 1. The van der Waals surface area contributed by atoms with Crippen molar-refractivity contribution in [2.45, 2.75) is 0 Å². The lowest BCUT2D eigenvalue weighted by Gasteiger charge is -2.08. The second kappa shape index (κ2) is 7.90. The molecule has 0 aliphatic carbocycles. The number of hydrogen-bond acceptors (Lipinski definition) is 5.